The highest BCUT2D eigenvalue weighted by Gasteiger charge is 2.39. The molecule has 2 rings (SSSR count). The Balaban J connectivity index is 2.75. The smallest absolute Gasteiger partial charge is 0.478 e. The maximum Gasteiger partial charge on any atom is 0.573 e. The number of fused-ring (bicyclic) bond motifs is 1. The van der Waals surface area contributed by atoms with Crippen LogP contribution < -0.4 is 4.74 Å². The van der Waals surface area contributed by atoms with Crippen molar-refractivity contribution in [2.75, 3.05) is 0 Å². The first-order valence-electron chi connectivity index (χ1n) is 5.59. The Bertz CT molecular complexity index is 787. The molecule has 0 aliphatic rings. The summed E-state index contributed by atoms with van der Waals surface area (Å²) in [4.78, 5) is 14.2. The maximum absolute atomic E-state index is 12.9. The fraction of sp³-hybridized carbons (Fsp3) is 0.167. The van der Waals surface area contributed by atoms with E-state index in [1.165, 1.54) is 0 Å². The lowest BCUT2D eigenvalue weighted by Gasteiger charge is -2.14. The first-order valence-corrected chi connectivity index (χ1v) is 5.97. The molecule has 0 radical (unpaired) electrons. The van der Waals surface area contributed by atoms with Gasteiger partial charge >= 0.3 is 18.5 Å². The zero-order chi connectivity index (χ0) is 17.6. The third kappa shape index (κ3) is 3.58. The van der Waals surface area contributed by atoms with Crippen molar-refractivity contribution in [1.29, 1.82) is 0 Å². The minimum atomic E-state index is -5.10. The summed E-state index contributed by atoms with van der Waals surface area (Å²) >= 11 is 5.63. The summed E-state index contributed by atoms with van der Waals surface area (Å²) in [5, 5.41) is 7.58. The number of alkyl halides is 6. The molecule has 0 saturated carbocycles. The van der Waals surface area contributed by atoms with Gasteiger partial charge < -0.3 is 9.84 Å². The second-order valence-electron chi connectivity index (χ2n) is 4.18. The van der Waals surface area contributed by atoms with Crippen LogP contribution in [0.15, 0.2) is 18.2 Å². The van der Waals surface area contributed by atoms with E-state index in [0.29, 0.717) is 6.07 Å². The number of hydrogen-bond donors (Lipinski definition) is 1. The highest BCUT2D eigenvalue weighted by molar-refractivity contribution is 6.38. The van der Waals surface area contributed by atoms with Crippen molar-refractivity contribution >= 4 is 28.5 Å². The van der Waals surface area contributed by atoms with E-state index in [1.54, 1.807) is 0 Å². The van der Waals surface area contributed by atoms with E-state index >= 15 is 0 Å². The van der Waals surface area contributed by atoms with Gasteiger partial charge in [0.2, 0.25) is 0 Å². The Morgan fingerprint density at radius 2 is 1.78 bits per heavy atom. The number of halogens is 7. The number of pyridine rings is 1. The number of aromatic carboxylic acids is 1. The lowest BCUT2D eigenvalue weighted by Crippen LogP contribution is -2.18. The third-order valence-corrected chi connectivity index (χ3v) is 3.00. The number of carbonyl (C=O) groups is 1. The van der Waals surface area contributed by atoms with E-state index < -0.39 is 51.4 Å². The van der Waals surface area contributed by atoms with Crippen molar-refractivity contribution < 1.29 is 41.0 Å². The summed E-state index contributed by atoms with van der Waals surface area (Å²) < 4.78 is 78.7. The molecule has 0 spiro atoms. The minimum Gasteiger partial charge on any atom is -0.478 e. The molecule has 0 atom stereocenters. The zero-order valence-electron chi connectivity index (χ0n) is 10.6. The fourth-order valence-corrected chi connectivity index (χ4v) is 2.12. The van der Waals surface area contributed by atoms with Gasteiger partial charge in [-0.05, 0) is 18.2 Å². The van der Waals surface area contributed by atoms with E-state index in [9.17, 15) is 31.1 Å². The van der Waals surface area contributed by atoms with Gasteiger partial charge in [0, 0.05) is 5.39 Å². The highest BCUT2D eigenvalue weighted by Crippen LogP contribution is 2.38. The molecule has 1 N–H and O–H groups in total. The van der Waals surface area contributed by atoms with Gasteiger partial charge in [0.15, 0.2) is 5.69 Å². The number of carboxylic acid groups (broad SMARTS) is 1. The van der Waals surface area contributed by atoms with Crippen molar-refractivity contribution in [3.05, 3.63) is 34.5 Å². The largest absolute Gasteiger partial charge is 0.573 e. The van der Waals surface area contributed by atoms with Crippen molar-refractivity contribution in [1.82, 2.24) is 4.98 Å². The second kappa shape index (κ2) is 5.44. The van der Waals surface area contributed by atoms with Crippen LogP contribution >= 0.6 is 11.6 Å². The van der Waals surface area contributed by atoms with Crippen LogP contribution in [-0.4, -0.2) is 22.4 Å². The molecule has 11 heteroatoms. The van der Waals surface area contributed by atoms with E-state index in [4.69, 9.17) is 16.7 Å². The van der Waals surface area contributed by atoms with E-state index in [-0.39, 0.29) is 0 Å². The number of hydrogen-bond acceptors (Lipinski definition) is 3. The number of nitrogens with zero attached hydrogens (tertiary/aromatic N) is 1. The van der Waals surface area contributed by atoms with Crippen LogP contribution in [0.1, 0.15) is 16.1 Å². The average molecular weight is 360 g/mol. The van der Waals surface area contributed by atoms with Gasteiger partial charge in [-0.3, -0.25) is 0 Å². The minimum absolute atomic E-state index is 0.418. The molecule has 1 aromatic heterocycles. The molecule has 0 unspecified atom stereocenters. The Morgan fingerprint density at radius 1 is 1.17 bits per heavy atom. The molecule has 2 aromatic rings. The van der Waals surface area contributed by atoms with E-state index in [0.717, 1.165) is 12.1 Å². The van der Waals surface area contributed by atoms with Crippen molar-refractivity contribution in [2.24, 2.45) is 0 Å². The Labute approximate surface area is 128 Å². The number of ether oxygens (including phenoxy) is 1. The molecule has 23 heavy (non-hydrogen) atoms. The Hall–Kier alpha value is -2.23. The summed E-state index contributed by atoms with van der Waals surface area (Å²) in [6.45, 7) is 0. The highest BCUT2D eigenvalue weighted by atomic mass is 35.5. The molecule has 0 bridgehead atoms. The van der Waals surface area contributed by atoms with Gasteiger partial charge in [-0.15, -0.1) is 13.2 Å². The summed E-state index contributed by atoms with van der Waals surface area (Å²) in [7, 11) is 0. The van der Waals surface area contributed by atoms with Gasteiger partial charge in [0.1, 0.15) is 11.3 Å². The zero-order valence-corrected chi connectivity index (χ0v) is 11.3. The fourth-order valence-electron chi connectivity index (χ4n) is 1.80. The monoisotopic (exact) mass is 359 g/mol. The molecule has 0 aliphatic carbocycles. The van der Waals surface area contributed by atoms with Gasteiger partial charge in [-0.25, -0.2) is 9.78 Å². The lowest BCUT2D eigenvalue weighted by molar-refractivity contribution is -0.274. The summed E-state index contributed by atoms with van der Waals surface area (Å²) in [5.41, 5.74) is -3.52. The number of carboxylic acids is 1. The predicted molar refractivity (Wildman–Crippen MR) is 65.4 cm³/mol. The SMILES string of the molecule is O=C(O)c1c(C(F)(F)F)nc2ccc(OC(F)(F)F)cc2c1Cl. The molecule has 0 amide bonds. The van der Waals surface area contributed by atoms with Crippen molar-refractivity contribution in [3.8, 4) is 5.75 Å². The van der Waals surface area contributed by atoms with Gasteiger partial charge in [0.25, 0.3) is 0 Å². The van der Waals surface area contributed by atoms with Crippen LogP contribution in [0.3, 0.4) is 0 Å². The molecule has 4 nitrogen and oxygen atoms in total. The lowest BCUT2D eigenvalue weighted by atomic mass is 10.1. The molecule has 0 aliphatic heterocycles. The van der Waals surface area contributed by atoms with Crippen LogP contribution in [0.4, 0.5) is 26.3 Å². The van der Waals surface area contributed by atoms with E-state index in [1.807, 2.05) is 0 Å². The molecule has 124 valence electrons. The van der Waals surface area contributed by atoms with Crippen LogP contribution in [0.5, 0.6) is 5.75 Å². The summed E-state index contributed by atoms with van der Waals surface area (Å²) in [5.74, 6) is -2.79. The summed E-state index contributed by atoms with van der Waals surface area (Å²) in [6.07, 6.45) is -10.1. The molecule has 1 heterocycles. The number of rotatable bonds is 2. The van der Waals surface area contributed by atoms with Crippen LogP contribution in [0, 0.1) is 0 Å². The first kappa shape index (κ1) is 17.1. The Morgan fingerprint density at radius 3 is 2.26 bits per heavy atom. The third-order valence-electron chi connectivity index (χ3n) is 2.61. The molecule has 1 aromatic carbocycles. The normalized spacial score (nSPS) is 12.5. The van der Waals surface area contributed by atoms with Crippen molar-refractivity contribution in [2.45, 2.75) is 12.5 Å². The molecule has 0 saturated heterocycles. The molecular weight excluding hydrogens is 356 g/mol. The van der Waals surface area contributed by atoms with Crippen molar-refractivity contribution in [3.63, 3.8) is 0 Å². The van der Waals surface area contributed by atoms with Gasteiger partial charge in [-0.1, -0.05) is 11.6 Å². The standard InChI is InChI=1S/C12H4ClF6NO3/c13-8-5-3-4(23-12(17,18)19)1-2-6(5)20-9(11(14,15)16)7(8)10(21)22/h1-3H,(H,21,22). The second-order valence-corrected chi connectivity index (χ2v) is 4.56. The topological polar surface area (TPSA) is 59.4 Å². The maximum atomic E-state index is 12.9. The average Bonchev–Trinajstić information content (AvgIpc) is 2.35. The predicted octanol–water partition coefficient (Wildman–Crippen LogP) is 4.50. The van der Waals surface area contributed by atoms with Crippen LogP contribution in [-0.2, 0) is 6.18 Å². The molecule has 0 fully saturated rings. The van der Waals surface area contributed by atoms with E-state index in [2.05, 4.69) is 9.72 Å². The quantitative estimate of drug-likeness (QED) is 0.802. The van der Waals surface area contributed by atoms with Crippen LogP contribution in [0.25, 0.3) is 10.9 Å². The molecular formula is C12H4ClF6NO3. The summed E-state index contributed by atoms with van der Waals surface area (Å²) in [6, 6.07) is 2.20. The van der Waals surface area contributed by atoms with Gasteiger partial charge in [0.05, 0.1) is 10.5 Å². The Kier molecular flexibility index (Phi) is 4.05. The first-order chi connectivity index (χ1) is 10.4. The van der Waals surface area contributed by atoms with Crippen LogP contribution in [0.2, 0.25) is 5.02 Å². The van der Waals surface area contributed by atoms with Gasteiger partial charge in [-0.2, -0.15) is 13.2 Å². The number of benzene rings is 1. The number of aromatic nitrogens is 1.